The Kier molecular flexibility index (Phi) is 9.08. The lowest BCUT2D eigenvalue weighted by Crippen LogP contribution is -2.35. The van der Waals surface area contributed by atoms with E-state index in [-0.39, 0.29) is 30.7 Å². The molecule has 1 saturated heterocycles. The van der Waals surface area contributed by atoms with Crippen molar-refractivity contribution in [1.82, 2.24) is 14.7 Å². The van der Waals surface area contributed by atoms with Crippen molar-refractivity contribution < 1.29 is 4.79 Å². The number of nitrogens with zero attached hydrogens (tertiary/aromatic N) is 3. The number of carbonyl (C=O) groups excluding carboxylic acids is 1. The fraction of sp³-hybridized carbons (Fsp3) is 0.444. The SMILES string of the molecule is CCN1CCC(n2nccc2NC(=O)c2ccc(CN)cc2)CC1.Cl.Cl. The molecule has 2 aromatic rings. The van der Waals surface area contributed by atoms with Gasteiger partial charge in [0.15, 0.2) is 0 Å². The van der Waals surface area contributed by atoms with Gasteiger partial charge in [-0.15, -0.1) is 24.8 Å². The highest BCUT2D eigenvalue weighted by molar-refractivity contribution is 6.03. The third-order valence-corrected chi connectivity index (χ3v) is 4.71. The number of hydrogen-bond acceptors (Lipinski definition) is 4. The maximum absolute atomic E-state index is 12.5. The molecule has 26 heavy (non-hydrogen) atoms. The molecule has 1 aliphatic heterocycles. The molecule has 1 amide bonds. The number of aromatic nitrogens is 2. The van der Waals surface area contributed by atoms with Gasteiger partial charge in [-0.3, -0.25) is 4.79 Å². The largest absolute Gasteiger partial charge is 0.326 e. The number of anilines is 1. The fourth-order valence-electron chi connectivity index (χ4n) is 3.17. The summed E-state index contributed by atoms with van der Waals surface area (Å²) in [7, 11) is 0. The highest BCUT2D eigenvalue weighted by Crippen LogP contribution is 2.25. The zero-order valence-electron chi connectivity index (χ0n) is 14.9. The fourth-order valence-corrected chi connectivity index (χ4v) is 3.17. The van der Waals surface area contributed by atoms with Crippen LogP contribution in [0.2, 0.25) is 0 Å². The van der Waals surface area contributed by atoms with Crippen LogP contribution < -0.4 is 11.1 Å². The molecule has 2 heterocycles. The van der Waals surface area contributed by atoms with E-state index in [9.17, 15) is 4.79 Å². The van der Waals surface area contributed by atoms with Crippen LogP contribution in [-0.2, 0) is 6.54 Å². The van der Waals surface area contributed by atoms with Crippen molar-refractivity contribution in [3.8, 4) is 0 Å². The van der Waals surface area contributed by atoms with Gasteiger partial charge >= 0.3 is 0 Å². The molecule has 0 saturated carbocycles. The van der Waals surface area contributed by atoms with Crippen molar-refractivity contribution in [2.24, 2.45) is 5.73 Å². The van der Waals surface area contributed by atoms with Gasteiger partial charge in [-0.05, 0) is 37.1 Å². The molecular formula is C18H27Cl2N5O. The minimum absolute atomic E-state index is 0. The third kappa shape index (κ3) is 5.20. The molecule has 0 aliphatic carbocycles. The van der Waals surface area contributed by atoms with Crippen LogP contribution in [0.1, 0.15) is 41.7 Å². The molecule has 0 unspecified atom stereocenters. The van der Waals surface area contributed by atoms with Crippen molar-refractivity contribution in [1.29, 1.82) is 0 Å². The summed E-state index contributed by atoms with van der Waals surface area (Å²) in [4.78, 5) is 14.9. The average Bonchev–Trinajstić information content (AvgIpc) is 3.10. The van der Waals surface area contributed by atoms with Crippen molar-refractivity contribution in [2.75, 3.05) is 25.0 Å². The third-order valence-electron chi connectivity index (χ3n) is 4.71. The summed E-state index contributed by atoms with van der Waals surface area (Å²) in [5.74, 6) is 0.643. The Balaban J connectivity index is 0.00000169. The molecule has 8 heteroatoms. The summed E-state index contributed by atoms with van der Waals surface area (Å²) in [5, 5.41) is 7.42. The van der Waals surface area contributed by atoms with Crippen molar-refractivity contribution in [3.05, 3.63) is 47.7 Å². The highest BCUT2D eigenvalue weighted by Gasteiger charge is 2.22. The molecule has 1 aliphatic rings. The standard InChI is InChI=1S/C18H25N5O.2ClH/c1-2-22-11-8-16(9-12-22)23-17(7-10-20-23)21-18(24)15-5-3-14(13-19)4-6-15;;/h3-7,10,16H,2,8-9,11-13,19H2,1H3,(H,21,24);2*1H. The summed E-state index contributed by atoms with van der Waals surface area (Å²) >= 11 is 0. The van der Waals surface area contributed by atoms with E-state index in [1.165, 1.54) is 0 Å². The normalized spacial score (nSPS) is 15.0. The van der Waals surface area contributed by atoms with Gasteiger partial charge in [0.05, 0.1) is 12.2 Å². The summed E-state index contributed by atoms with van der Waals surface area (Å²) in [6.45, 7) is 5.92. The summed E-state index contributed by atoms with van der Waals surface area (Å²) in [5.41, 5.74) is 7.23. The first-order chi connectivity index (χ1) is 11.7. The second kappa shape index (κ2) is 10.5. The molecule has 3 rings (SSSR count). The van der Waals surface area contributed by atoms with Gasteiger partial charge in [0.25, 0.3) is 5.91 Å². The molecule has 1 fully saturated rings. The quantitative estimate of drug-likeness (QED) is 0.809. The van der Waals surface area contributed by atoms with Crippen molar-refractivity contribution in [2.45, 2.75) is 32.4 Å². The zero-order chi connectivity index (χ0) is 16.9. The molecular weight excluding hydrogens is 373 g/mol. The van der Waals surface area contributed by atoms with E-state index < -0.39 is 0 Å². The molecule has 144 valence electrons. The van der Waals surface area contributed by atoms with Crippen LogP contribution in [0.15, 0.2) is 36.5 Å². The Morgan fingerprint density at radius 2 is 1.85 bits per heavy atom. The highest BCUT2D eigenvalue weighted by atomic mass is 35.5. The summed E-state index contributed by atoms with van der Waals surface area (Å²) in [6.07, 6.45) is 3.87. The van der Waals surface area contributed by atoms with Crippen LogP contribution in [0.25, 0.3) is 0 Å². The molecule has 0 radical (unpaired) electrons. The van der Waals surface area contributed by atoms with E-state index in [1.807, 2.05) is 22.9 Å². The van der Waals surface area contributed by atoms with Crippen molar-refractivity contribution in [3.63, 3.8) is 0 Å². The zero-order valence-corrected chi connectivity index (χ0v) is 16.6. The van der Waals surface area contributed by atoms with Crippen molar-refractivity contribution >= 4 is 36.5 Å². The Bertz CT molecular complexity index is 681. The van der Waals surface area contributed by atoms with Gasteiger partial charge < -0.3 is 16.0 Å². The van der Waals surface area contributed by atoms with Gasteiger partial charge in [-0.1, -0.05) is 19.1 Å². The first kappa shape index (κ1) is 22.4. The average molecular weight is 400 g/mol. The minimum atomic E-state index is -0.119. The molecule has 3 N–H and O–H groups in total. The van der Waals surface area contributed by atoms with Gasteiger partial charge in [0.1, 0.15) is 5.82 Å². The molecule has 1 aromatic carbocycles. The van der Waals surface area contributed by atoms with E-state index in [1.54, 1.807) is 18.3 Å². The Morgan fingerprint density at radius 1 is 1.19 bits per heavy atom. The number of piperidine rings is 1. The van der Waals surface area contributed by atoms with Gasteiger partial charge in [-0.2, -0.15) is 5.10 Å². The van der Waals surface area contributed by atoms with Gasteiger partial charge in [0, 0.05) is 31.3 Å². The van der Waals surface area contributed by atoms with E-state index in [0.29, 0.717) is 18.2 Å². The van der Waals surface area contributed by atoms with E-state index in [2.05, 4.69) is 22.2 Å². The van der Waals surface area contributed by atoms with Crippen LogP contribution in [0.3, 0.4) is 0 Å². The van der Waals surface area contributed by atoms with E-state index in [4.69, 9.17) is 5.73 Å². The molecule has 6 nitrogen and oxygen atoms in total. The minimum Gasteiger partial charge on any atom is -0.326 e. The maximum atomic E-state index is 12.5. The van der Waals surface area contributed by atoms with E-state index >= 15 is 0 Å². The van der Waals surface area contributed by atoms with E-state index in [0.717, 1.165) is 43.9 Å². The first-order valence-corrected chi connectivity index (χ1v) is 8.57. The topological polar surface area (TPSA) is 76.2 Å². The molecule has 0 bridgehead atoms. The van der Waals surface area contributed by atoms with Crippen LogP contribution in [0, 0.1) is 0 Å². The molecule has 0 atom stereocenters. The van der Waals surface area contributed by atoms with Crippen LogP contribution in [0.4, 0.5) is 5.82 Å². The second-order valence-electron chi connectivity index (χ2n) is 6.18. The van der Waals surface area contributed by atoms with Crippen LogP contribution in [-0.4, -0.2) is 40.2 Å². The predicted molar refractivity (Wildman–Crippen MR) is 109 cm³/mol. The lowest BCUT2D eigenvalue weighted by molar-refractivity contribution is 0.102. The Hall–Kier alpha value is -1.60. The number of hydrogen-bond donors (Lipinski definition) is 2. The number of carbonyl (C=O) groups is 1. The number of nitrogens with one attached hydrogen (secondary N) is 1. The Labute approximate surface area is 166 Å². The van der Waals surface area contributed by atoms with Crippen LogP contribution >= 0.6 is 24.8 Å². The molecule has 1 aromatic heterocycles. The lowest BCUT2D eigenvalue weighted by Gasteiger charge is -2.31. The summed E-state index contributed by atoms with van der Waals surface area (Å²) in [6, 6.07) is 9.57. The van der Waals surface area contributed by atoms with Crippen LogP contribution in [0.5, 0.6) is 0 Å². The number of benzene rings is 1. The smallest absolute Gasteiger partial charge is 0.256 e. The second-order valence-corrected chi connectivity index (χ2v) is 6.18. The number of halogens is 2. The lowest BCUT2D eigenvalue weighted by atomic mass is 10.1. The Morgan fingerprint density at radius 3 is 2.42 bits per heavy atom. The maximum Gasteiger partial charge on any atom is 0.256 e. The summed E-state index contributed by atoms with van der Waals surface area (Å²) < 4.78 is 1.96. The predicted octanol–water partition coefficient (Wildman–Crippen LogP) is 3.09. The number of amides is 1. The number of likely N-dealkylation sites (tertiary alicyclic amines) is 1. The number of rotatable bonds is 5. The number of nitrogens with two attached hydrogens (primary N) is 1. The monoisotopic (exact) mass is 399 g/mol. The first-order valence-electron chi connectivity index (χ1n) is 8.57. The van der Waals surface area contributed by atoms with Gasteiger partial charge in [0.2, 0.25) is 0 Å². The van der Waals surface area contributed by atoms with Gasteiger partial charge in [-0.25, -0.2) is 4.68 Å². The molecule has 0 spiro atoms.